The first kappa shape index (κ1) is 14.2. The zero-order valence-electron chi connectivity index (χ0n) is 12.2. The van der Waals surface area contributed by atoms with Gasteiger partial charge in [-0.2, -0.15) is 5.10 Å². The summed E-state index contributed by atoms with van der Waals surface area (Å²) in [5.74, 6) is 0.730. The summed E-state index contributed by atoms with van der Waals surface area (Å²) in [7, 11) is 2.03. The molecule has 0 amide bonds. The van der Waals surface area contributed by atoms with Gasteiger partial charge >= 0.3 is 0 Å². The lowest BCUT2D eigenvalue weighted by atomic mass is 10.0. The molecule has 1 atom stereocenters. The van der Waals surface area contributed by atoms with Crippen molar-refractivity contribution in [2.75, 3.05) is 7.05 Å². The zero-order valence-corrected chi connectivity index (χ0v) is 12.2. The Morgan fingerprint density at radius 3 is 2.41 bits per heavy atom. The van der Waals surface area contributed by atoms with Crippen LogP contribution in [0.15, 0.2) is 0 Å². The minimum absolute atomic E-state index is 0.433. The molecule has 0 aliphatic rings. The van der Waals surface area contributed by atoms with Crippen LogP contribution in [0, 0.1) is 19.8 Å². The van der Waals surface area contributed by atoms with E-state index in [1.54, 1.807) is 0 Å². The number of nitrogens with one attached hydrogen (secondary N) is 1. The van der Waals surface area contributed by atoms with Gasteiger partial charge in [0.2, 0.25) is 0 Å². The van der Waals surface area contributed by atoms with Crippen molar-refractivity contribution in [1.29, 1.82) is 0 Å². The average molecular weight is 237 g/mol. The number of nitrogens with zero attached hydrogens (tertiary/aromatic N) is 2. The molecule has 0 spiro atoms. The first-order valence-electron chi connectivity index (χ1n) is 6.72. The molecule has 0 saturated heterocycles. The first-order valence-corrected chi connectivity index (χ1v) is 6.72. The quantitative estimate of drug-likeness (QED) is 0.823. The van der Waals surface area contributed by atoms with Crippen molar-refractivity contribution < 1.29 is 0 Å². The molecule has 1 N–H and O–H groups in total. The van der Waals surface area contributed by atoms with E-state index in [1.165, 1.54) is 23.4 Å². The molecular weight excluding hydrogens is 210 g/mol. The number of rotatable bonds is 6. The van der Waals surface area contributed by atoms with Crippen molar-refractivity contribution in [3.63, 3.8) is 0 Å². The third kappa shape index (κ3) is 3.32. The van der Waals surface area contributed by atoms with Gasteiger partial charge in [0.1, 0.15) is 0 Å². The van der Waals surface area contributed by atoms with Crippen LogP contribution in [0.1, 0.15) is 56.6 Å². The molecule has 17 heavy (non-hydrogen) atoms. The smallest absolute Gasteiger partial charge is 0.0644 e. The zero-order chi connectivity index (χ0) is 13.0. The monoisotopic (exact) mass is 237 g/mol. The Labute approximate surface area is 106 Å². The second-order valence-corrected chi connectivity index (χ2v) is 5.24. The fourth-order valence-corrected chi connectivity index (χ4v) is 2.37. The van der Waals surface area contributed by atoms with Crippen molar-refractivity contribution in [3.05, 3.63) is 17.0 Å². The van der Waals surface area contributed by atoms with E-state index in [1.807, 2.05) is 7.05 Å². The van der Waals surface area contributed by atoms with Crippen LogP contribution < -0.4 is 5.32 Å². The highest BCUT2D eigenvalue weighted by Gasteiger charge is 2.18. The van der Waals surface area contributed by atoms with Crippen LogP contribution in [-0.4, -0.2) is 16.8 Å². The number of aromatic nitrogens is 2. The summed E-state index contributed by atoms with van der Waals surface area (Å²) in [6, 6.07) is 0.433. The van der Waals surface area contributed by atoms with Gasteiger partial charge in [0.25, 0.3) is 0 Å². The lowest BCUT2D eigenvalue weighted by Gasteiger charge is -2.15. The van der Waals surface area contributed by atoms with Gasteiger partial charge in [0.15, 0.2) is 0 Å². The Hall–Kier alpha value is -0.830. The first-order chi connectivity index (χ1) is 8.01. The van der Waals surface area contributed by atoms with Gasteiger partial charge in [-0.1, -0.05) is 20.8 Å². The SMILES string of the molecule is CCC(NC)c1c(C)nn(CCC(C)C)c1C. The molecule has 3 heteroatoms. The predicted octanol–water partition coefficient (Wildman–Crippen LogP) is 3.22. The van der Waals surface area contributed by atoms with Gasteiger partial charge in [-0.3, -0.25) is 4.68 Å². The highest BCUT2D eigenvalue weighted by molar-refractivity contribution is 5.28. The van der Waals surface area contributed by atoms with Crippen molar-refractivity contribution in [1.82, 2.24) is 15.1 Å². The van der Waals surface area contributed by atoms with Crippen molar-refractivity contribution in [3.8, 4) is 0 Å². The van der Waals surface area contributed by atoms with Gasteiger partial charge in [0, 0.05) is 23.8 Å². The Balaban J connectivity index is 2.92. The molecule has 1 heterocycles. The van der Waals surface area contributed by atoms with Crippen LogP contribution in [0.2, 0.25) is 0 Å². The second-order valence-electron chi connectivity index (χ2n) is 5.24. The molecule has 0 saturated carbocycles. The maximum Gasteiger partial charge on any atom is 0.0644 e. The van der Waals surface area contributed by atoms with E-state index in [0.29, 0.717) is 6.04 Å². The van der Waals surface area contributed by atoms with Gasteiger partial charge < -0.3 is 5.32 Å². The predicted molar refractivity (Wildman–Crippen MR) is 73.2 cm³/mol. The minimum atomic E-state index is 0.433. The molecule has 0 aliphatic heterocycles. The summed E-state index contributed by atoms with van der Waals surface area (Å²) in [5, 5.41) is 8.05. The van der Waals surface area contributed by atoms with Crippen molar-refractivity contribution in [2.45, 2.75) is 60.0 Å². The van der Waals surface area contributed by atoms with E-state index in [4.69, 9.17) is 0 Å². The molecule has 1 rings (SSSR count). The normalized spacial score (nSPS) is 13.4. The van der Waals surface area contributed by atoms with Crippen molar-refractivity contribution >= 4 is 0 Å². The number of hydrogen-bond donors (Lipinski definition) is 1. The van der Waals surface area contributed by atoms with E-state index in [-0.39, 0.29) is 0 Å². The van der Waals surface area contributed by atoms with Crippen LogP contribution in [0.4, 0.5) is 0 Å². The summed E-state index contributed by atoms with van der Waals surface area (Å²) in [6.45, 7) is 12.1. The molecule has 0 bridgehead atoms. The fourth-order valence-electron chi connectivity index (χ4n) is 2.37. The molecule has 0 radical (unpaired) electrons. The van der Waals surface area contributed by atoms with Crippen LogP contribution in [0.25, 0.3) is 0 Å². The maximum atomic E-state index is 4.68. The Bertz CT molecular complexity index is 349. The van der Waals surface area contributed by atoms with Gasteiger partial charge in [-0.25, -0.2) is 0 Å². The standard InChI is InChI=1S/C14H27N3/c1-7-13(15-6)14-11(4)16-17(12(14)5)9-8-10(2)3/h10,13,15H,7-9H2,1-6H3. The fraction of sp³-hybridized carbons (Fsp3) is 0.786. The van der Waals surface area contributed by atoms with Gasteiger partial charge in [-0.05, 0) is 39.7 Å². The third-order valence-corrected chi connectivity index (χ3v) is 3.46. The molecule has 0 aromatic carbocycles. The lowest BCUT2D eigenvalue weighted by molar-refractivity contribution is 0.477. The Kier molecular flexibility index (Phi) is 5.19. The molecule has 0 fully saturated rings. The summed E-state index contributed by atoms with van der Waals surface area (Å²) in [6.07, 6.45) is 2.30. The van der Waals surface area contributed by atoms with E-state index in [0.717, 1.165) is 18.9 Å². The van der Waals surface area contributed by atoms with Gasteiger partial charge in [-0.15, -0.1) is 0 Å². The highest BCUT2D eigenvalue weighted by Crippen LogP contribution is 2.24. The van der Waals surface area contributed by atoms with Gasteiger partial charge in [0.05, 0.1) is 5.69 Å². The van der Waals surface area contributed by atoms with Crippen molar-refractivity contribution in [2.24, 2.45) is 5.92 Å². The molecule has 1 aromatic rings. The third-order valence-electron chi connectivity index (χ3n) is 3.46. The summed E-state index contributed by atoms with van der Waals surface area (Å²) < 4.78 is 2.17. The van der Waals surface area contributed by atoms with E-state index >= 15 is 0 Å². The van der Waals surface area contributed by atoms with Crippen LogP contribution in [0.5, 0.6) is 0 Å². The Morgan fingerprint density at radius 1 is 1.29 bits per heavy atom. The molecular formula is C14H27N3. The average Bonchev–Trinajstić information content (AvgIpc) is 2.55. The van der Waals surface area contributed by atoms with E-state index < -0.39 is 0 Å². The number of aryl methyl sites for hydroxylation is 2. The van der Waals surface area contributed by atoms with E-state index in [9.17, 15) is 0 Å². The number of hydrogen-bond acceptors (Lipinski definition) is 2. The van der Waals surface area contributed by atoms with Crippen LogP contribution >= 0.6 is 0 Å². The van der Waals surface area contributed by atoms with Crippen LogP contribution in [0.3, 0.4) is 0 Å². The summed E-state index contributed by atoms with van der Waals surface area (Å²) >= 11 is 0. The van der Waals surface area contributed by atoms with E-state index in [2.05, 4.69) is 49.7 Å². The summed E-state index contributed by atoms with van der Waals surface area (Å²) in [4.78, 5) is 0. The maximum absolute atomic E-state index is 4.68. The Morgan fingerprint density at radius 2 is 1.94 bits per heavy atom. The topological polar surface area (TPSA) is 29.9 Å². The lowest BCUT2D eigenvalue weighted by Crippen LogP contribution is -2.17. The van der Waals surface area contributed by atoms with Crippen LogP contribution in [-0.2, 0) is 6.54 Å². The molecule has 0 aliphatic carbocycles. The molecule has 1 aromatic heterocycles. The molecule has 98 valence electrons. The minimum Gasteiger partial charge on any atom is -0.313 e. The highest BCUT2D eigenvalue weighted by atomic mass is 15.3. The molecule has 3 nitrogen and oxygen atoms in total. The second kappa shape index (κ2) is 6.20. The molecule has 1 unspecified atom stereocenters. The largest absolute Gasteiger partial charge is 0.313 e. The summed E-state index contributed by atoms with van der Waals surface area (Å²) in [5.41, 5.74) is 3.88.